The number of aromatic nitrogens is 4. The Morgan fingerprint density at radius 3 is 2.35 bits per heavy atom. The molecule has 4 rings (SSSR count). The van der Waals surface area contributed by atoms with Crippen molar-refractivity contribution in [2.45, 2.75) is 31.8 Å². The summed E-state index contributed by atoms with van der Waals surface area (Å²) in [4.78, 5) is 37.2. The first-order chi connectivity index (χ1) is 20.5. The first-order valence-corrected chi connectivity index (χ1v) is 13.7. The van der Waals surface area contributed by atoms with Gasteiger partial charge in [0.1, 0.15) is 11.3 Å². The van der Waals surface area contributed by atoms with E-state index in [0.29, 0.717) is 48.5 Å². The highest BCUT2D eigenvalue weighted by Crippen LogP contribution is 2.32. The zero-order valence-electron chi connectivity index (χ0n) is 23.4. The number of hydrogen-bond donors (Lipinski definition) is 2. The lowest BCUT2D eigenvalue weighted by molar-refractivity contribution is -0.143. The molecule has 0 radical (unpaired) electrons. The Hall–Kier alpha value is -3.95. The Morgan fingerprint density at radius 1 is 1.09 bits per heavy atom. The van der Waals surface area contributed by atoms with Crippen LogP contribution in [-0.2, 0) is 22.3 Å². The van der Waals surface area contributed by atoms with Crippen LogP contribution in [0.4, 0.5) is 24.8 Å². The van der Waals surface area contributed by atoms with Crippen molar-refractivity contribution in [2.24, 2.45) is 0 Å². The predicted octanol–water partition coefficient (Wildman–Crippen LogP) is 2.29. The van der Waals surface area contributed by atoms with Crippen LogP contribution < -0.4 is 20.5 Å². The smallest absolute Gasteiger partial charge is 0.423 e. The van der Waals surface area contributed by atoms with Crippen molar-refractivity contribution in [3.63, 3.8) is 0 Å². The summed E-state index contributed by atoms with van der Waals surface area (Å²) in [5.74, 6) is 0.526. The average molecular weight is 626 g/mol. The van der Waals surface area contributed by atoms with Crippen LogP contribution in [-0.4, -0.2) is 94.3 Å². The Bertz CT molecular complexity index is 1430. The summed E-state index contributed by atoms with van der Waals surface area (Å²) in [6, 6.07) is 5.80. The number of carbonyl (C=O) groups excluding carboxylic acids is 1. The summed E-state index contributed by atoms with van der Waals surface area (Å²) in [6.07, 6.45) is -2.50. The molecule has 3 heterocycles. The van der Waals surface area contributed by atoms with Gasteiger partial charge in [0.2, 0.25) is 5.95 Å². The molecule has 0 bridgehead atoms. The zero-order valence-corrected chi connectivity index (χ0v) is 24.2. The Morgan fingerprint density at radius 2 is 1.74 bits per heavy atom. The molecule has 232 valence electrons. The van der Waals surface area contributed by atoms with Crippen molar-refractivity contribution in [1.82, 2.24) is 24.6 Å². The second kappa shape index (κ2) is 14.0. The van der Waals surface area contributed by atoms with Crippen molar-refractivity contribution in [1.29, 1.82) is 0 Å². The molecule has 1 aliphatic rings. The zero-order chi connectivity index (χ0) is 31.1. The van der Waals surface area contributed by atoms with E-state index in [0.717, 1.165) is 10.9 Å². The van der Waals surface area contributed by atoms with Crippen LogP contribution in [0.1, 0.15) is 18.1 Å². The summed E-state index contributed by atoms with van der Waals surface area (Å²) >= 11 is 5.82. The van der Waals surface area contributed by atoms with Crippen LogP contribution in [0.5, 0.6) is 5.75 Å². The molecule has 1 fully saturated rings. The number of amides is 1. The molecule has 1 saturated heterocycles. The van der Waals surface area contributed by atoms with Gasteiger partial charge in [-0.15, -0.1) is 0 Å². The van der Waals surface area contributed by atoms with Gasteiger partial charge in [-0.3, -0.25) is 9.59 Å². The number of nitrogens with zero attached hydrogens (tertiary/aromatic N) is 6. The van der Waals surface area contributed by atoms with E-state index >= 15 is 0 Å². The van der Waals surface area contributed by atoms with Gasteiger partial charge in [-0.2, -0.15) is 18.3 Å². The molecule has 16 heteroatoms. The van der Waals surface area contributed by atoms with Gasteiger partial charge in [-0.1, -0.05) is 23.7 Å². The fourth-order valence-electron chi connectivity index (χ4n) is 4.43. The van der Waals surface area contributed by atoms with Gasteiger partial charge >= 0.3 is 6.18 Å². The molecule has 3 aromatic rings. The summed E-state index contributed by atoms with van der Waals surface area (Å²) in [5.41, 5.74) is -2.62. The number of methoxy groups -OCH3 is 1. The van der Waals surface area contributed by atoms with Crippen LogP contribution in [0.2, 0.25) is 5.02 Å². The highest BCUT2D eigenvalue weighted by molar-refractivity contribution is 6.30. The quantitative estimate of drug-likeness (QED) is 0.327. The van der Waals surface area contributed by atoms with E-state index in [1.165, 1.54) is 31.3 Å². The number of benzene rings is 1. The van der Waals surface area contributed by atoms with Crippen LogP contribution in [0.15, 0.2) is 47.7 Å². The maximum atomic E-state index is 13.9. The second-order valence-electron chi connectivity index (χ2n) is 9.85. The molecule has 1 aliphatic heterocycles. The summed E-state index contributed by atoms with van der Waals surface area (Å²) in [6.45, 7) is 2.42. The van der Waals surface area contributed by atoms with Crippen molar-refractivity contribution < 1.29 is 32.5 Å². The van der Waals surface area contributed by atoms with Gasteiger partial charge in [0.15, 0.2) is 6.10 Å². The number of ether oxygens (including phenoxy) is 2. The van der Waals surface area contributed by atoms with Gasteiger partial charge in [0.25, 0.3) is 11.5 Å². The van der Waals surface area contributed by atoms with E-state index in [2.05, 4.69) is 20.4 Å². The first kappa shape index (κ1) is 32.0. The highest BCUT2D eigenvalue weighted by Gasteiger charge is 2.38. The third-order valence-corrected chi connectivity index (χ3v) is 6.83. The standard InChI is InChI=1S/C27H31ClF3N7O5/c1-17(15-43-16-22(39)24(40)36-7-9-37(10-8-36)26-32-11-19(28)12-33-26)35-21-13-34-38(25(41)23(21)27(29,30)31)14-18-3-5-20(42-2)6-4-18/h3-6,11-13,17,22,35,39H,7-10,14-16H2,1-2H3/t17-,22?/m0/s1. The van der Waals surface area contributed by atoms with Gasteiger partial charge in [-0.05, 0) is 24.6 Å². The van der Waals surface area contributed by atoms with Gasteiger partial charge < -0.3 is 29.7 Å². The maximum absolute atomic E-state index is 13.9. The molecule has 0 saturated carbocycles. The Labute approximate surface area is 250 Å². The van der Waals surface area contributed by atoms with Gasteiger partial charge in [0, 0.05) is 32.2 Å². The van der Waals surface area contributed by atoms with Gasteiger partial charge in [0.05, 0.1) is 56.2 Å². The normalized spacial score (nSPS) is 15.2. The Kier molecular flexibility index (Phi) is 10.4. The number of nitrogens with one attached hydrogen (secondary N) is 1. The van der Waals surface area contributed by atoms with Crippen molar-refractivity contribution >= 4 is 29.1 Å². The molecule has 2 aromatic heterocycles. The lowest BCUT2D eigenvalue weighted by Crippen LogP contribution is -2.52. The minimum atomic E-state index is -4.95. The molecule has 43 heavy (non-hydrogen) atoms. The molecule has 0 aliphatic carbocycles. The number of carbonyl (C=O) groups is 1. The largest absolute Gasteiger partial charge is 0.497 e. The minimum absolute atomic E-state index is 0.155. The first-order valence-electron chi connectivity index (χ1n) is 13.3. The molecule has 0 spiro atoms. The number of alkyl halides is 3. The van der Waals surface area contributed by atoms with E-state index in [1.54, 1.807) is 24.3 Å². The molecule has 1 aromatic carbocycles. The third kappa shape index (κ3) is 8.33. The van der Waals surface area contributed by atoms with Crippen molar-refractivity contribution in [3.8, 4) is 5.75 Å². The number of anilines is 2. The predicted molar refractivity (Wildman–Crippen MR) is 151 cm³/mol. The number of rotatable bonds is 11. The number of piperazine rings is 1. The van der Waals surface area contributed by atoms with Crippen LogP contribution >= 0.6 is 11.6 Å². The lowest BCUT2D eigenvalue weighted by atomic mass is 10.2. The number of aliphatic hydroxyl groups excluding tert-OH is 1. The fourth-order valence-corrected chi connectivity index (χ4v) is 4.53. The third-order valence-electron chi connectivity index (χ3n) is 6.63. The Balaban J connectivity index is 1.29. The summed E-state index contributed by atoms with van der Waals surface area (Å²) < 4.78 is 53.0. The topological polar surface area (TPSA) is 135 Å². The minimum Gasteiger partial charge on any atom is -0.497 e. The van der Waals surface area contributed by atoms with E-state index in [9.17, 15) is 27.9 Å². The number of hydrogen-bond acceptors (Lipinski definition) is 10. The molecular formula is C27H31ClF3N7O5. The van der Waals surface area contributed by atoms with Gasteiger partial charge in [-0.25, -0.2) is 14.6 Å². The fraction of sp³-hybridized carbons (Fsp3) is 0.444. The number of aliphatic hydroxyl groups is 1. The van der Waals surface area contributed by atoms with E-state index in [-0.39, 0.29) is 19.8 Å². The number of halogens is 4. The van der Waals surface area contributed by atoms with Crippen molar-refractivity contribution in [2.75, 3.05) is 56.7 Å². The van der Waals surface area contributed by atoms with E-state index in [4.69, 9.17) is 21.1 Å². The molecular weight excluding hydrogens is 595 g/mol. The van der Waals surface area contributed by atoms with E-state index in [1.807, 2.05) is 4.90 Å². The average Bonchev–Trinajstić information content (AvgIpc) is 2.98. The lowest BCUT2D eigenvalue weighted by Gasteiger charge is -2.35. The van der Waals surface area contributed by atoms with Crippen LogP contribution in [0.3, 0.4) is 0 Å². The molecule has 2 N–H and O–H groups in total. The highest BCUT2D eigenvalue weighted by atomic mass is 35.5. The van der Waals surface area contributed by atoms with Crippen LogP contribution in [0, 0.1) is 0 Å². The van der Waals surface area contributed by atoms with E-state index < -0.39 is 41.0 Å². The van der Waals surface area contributed by atoms with Crippen LogP contribution in [0.25, 0.3) is 0 Å². The SMILES string of the molecule is COc1ccc(Cn2ncc(N[C@@H](C)COCC(O)C(=O)N3CCN(c4ncc(Cl)cn4)CC3)c(C(F)(F)F)c2=O)cc1. The maximum Gasteiger partial charge on any atom is 0.423 e. The monoisotopic (exact) mass is 625 g/mol. The second-order valence-corrected chi connectivity index (χ2v) is 10.3. The summed E-state index contributed by atoms with van der Waals surface area (Å²) in [7, 11) is 1.49. The molecule has 1 amide bonds. The summed E-state index contributed by atoms with van der Waals surface area (Å²) in [5, 5.41) is 17.3. The van der Waals surface area contributed by atoms with Crippen molar-refractivity contribution in [3.05, 3.63) is 69.4 Å². The molecule has 1 unspecified atom stereocenters. The molecule has 12 nitrogen and oxygen atoms in total. The molecule has 2 atom stereocenters.